The summed E-state index contributed by atoms with van der Waals surface area (Å²) >= 11 is 0. The Labute approximate surface area is 117 Å². The van der Waals surface area contributed by atoms with Crippen molar-refractivity contribution in [2.75, 3.05) is 0 Å². The lowest BCUT2D eigenvalue weighted by Gasteiger charge is -2.39. The molecule has 2 rings (SSSR count). The van der Waals surface area contributed by atoms with Gasteiger partial charge in [-0.1, -0.05) is 19.8 Å². The number of amides is 1. The highest BCUT2D eigenvalue weighted by molar-refractivity contribution is 5.98. The molecular formula is C15H18FNO3. The predicted octanol–water partition coefficient (Wildman–Crippen LogP) is 2.59. The van der Waals surface area contributed by atoms with Gasteiger partial charge in [-0.05, 0) is 43.0 Å². The van der Waals surface area contributed by atoms with Gasteiger partial charge in [0.1, 0.15) is 11.4 Å². The molecule has 0 aliphatic heterocycles. The second kappa shape index (κ2) is 5.61. The van der Waals surface area contributed by atoms with Gasteiger partial charge in [0.15, 0.2) is 0 Å². The summed E-state index contributed by atoms with van der Waals surface area (Å²) in [6, 6.07) is 5.08. The van der Waals surface area contributed by atoms with E-state index in [0.717, 1.165) is 19.3 Å². The minimum atomic E-state index is -1.22. The van der Waals surface area contributed by atoms with Crippen LogP contribution in [0, 0.1) is 11.7 Å². The molecule has 5 heteroatoms. The Morgan fingerprint density at radius 3 is 2.50 bits per heavy atom. The van der Waals surface area contributed by atoms with E-state index in [-0.39, 0.29) is 11.5 Å². The third-order valence-corrected chi connectivity index (χ3v) is 4.12. The molecule has 0 radical (unpaired) electrons. The van der Waals surface area contributed by atoms with E-state index in [1.807, 2.05) is 6.92 Å². The Bertz CT molecular complexity index is 514. The third-order valence-electron chi connectivity index (χ3n) is 4.12. The number of carboxylic acid groups (broad SMARTS) is 1. The molecule has 2 N–H and O–H groups in total. The van der Waals surface area contributed by atoms with Gasteiger partial charge in [-0.2, -0.15) is 0 Å². The van der Waals surface area contributed by atoms with Crippen LogP contribution in [0.25, 0.3) is 0 Å². The van der Waals surface area contributed by atoms with Gasteiger partial charge in [0, 0.05) is 5.56 Å². The second-order valence-corrected chi connectivity index (χ2v) is 5.38. The summed E-state index contributed by atoms with van der Waals surface area (Å²) < 4.78 is 12.8. The van der Waals surface area contributed by atoms with Gasteiger partial charge in [-0.3, -0.25) is 4.79 Å². The van der Waals surface area contributed by atoms with Crippen molar-refractivity contribution in [3.8, 4) is 0 Å². The number of benzene rings is 1. The molecule has 0 bridgehead atoms. The minimum absolute atomic E-state index is 0.127. The van der Waals surface area contributed by atoms with Gasteiger partial charge in [0.25, 0.3) is 5.91 Å². The number of aliphatic carboxylic acids is 1. The largest absolute Gasteiger partial charge is 0.479 e. The zero-order chi connectivity index (χ0) is 14.8. The lowest BCUT2D eigenvalue weighted by atomic mass is 9.73. The van der Waals surface area contributed by atoms with Crippen LogP contribution in [0.5, 0.6) is 0 Å². The van der Waals surface area contributed by atoms with Crippen LogP contribution in [-0.2, 0) is 4.79 Å². The van der Waals surface area contributed by atoms with Crippen molar-refractivity contribution in [1.29, 1.82) is 0 Å². The molecule has 20 heavy (non-hydrogen) atoms. The maximum absolute atomic E-state index is 12.8. The normalized spacial score (nSPS) is 26.0. The summed E-state index contributed by atoms with van der Waals surface area (Å²) in [5.41, 5.74) is -0.950. The van der Waals surface area contributed by atoms with E-state index in [2.05, 4.69) is 5.32 Å². The van der Waals surface area contributed by atoms with Crippen LogP contribution in [0.1, 0.15) is 43.0 Å². The van der Waals surface area contributed by atoms with Crippen molar-refractivity contribution in [3.05, 3.63) is 35.6 Å². The summed E-state index contributed by atoms with van der Waals surface area (Å²) in [6.07, 6.45) is 2.95. The molecule has 2 unspecified atom stereocenters. The quantitative estimate of drug-likeness (QED) is 0.893. The van der Waals surface area contributed by atoms with Crippen molar-refractivity contribution in [1.82, 2.24) is 5.32 Å². The molecule has 1 saturated carbocycles. The molecule has 0 aromatic heterocycles. The van der Waals surface area contributed by atoms with Crippen LogP contribution in [0.4, 0.5) is 4.39 Å². The number of halogens is 1. The third kappa shape index (κ3) is 2.66. The average Bonchev–Trinajstić information content (AvgIpc) is 2.42. The van der Waals surface area contributed by atoms with Gasteiger partial charge >= 0.3 is 5.97 Å². The lowest BCUT2D eigenvalue weighted by Crippen LogP contribution is -2.60. The Hall–Kier alpha value is -1.91. The first kappa shape index (κ1) is 14.5. The van der Waals surface area contributed by atoms with E-state index in [0.29, 0.717) is 6.42 Å². The first-order valence-corrected chi connectivity index (χ1v) is 6.77. The number of carbonyl (C=O) groups excluding carboxylic acids is 1. The molecule has 4 nitrogen and oxygen atoms in total. The molecule has 0 saturated heterocycles. The van der Waals surface area contributed by atoms with E-state index in [1.54, 1.807) is 0 Å². The molecular weight excluding hydrogens is 261 g/mol. The Morgan fingerprint density at radius 1 is 1.30 bits per heavy atom. The van der Waals surface area contributed by atoms with Crippen molar-refractivity contribution < 1.29 is 19.1 Å². The van der Waals surface area contributed by atoms with Crippen LogP contribution >= 0.6 is 0 Å². The highest BCUT2D eigenvalue weighted by Crippen LogP contribution is 2.34. The van der Waals surface area contributed by atoms with E-state index < -0.39 is 23.2 Å². The van der Waals surface area contributed by atoms with Crippen molar-refractivity contribution in [2.45, 2.75) is 38.1 Å². The fourth-order valence-corrected chi connectivity index (χ4v) is 2.78. The Morgan fingerprint density at radius 2 is 1.95 bits per heavy atom. The standard InChI is InChI=1S/C15H18FNO3/c1-10-4-2-3-9-15(10,14(19)20)17-13(18)11-5-7-12(16)8-6-11/h5-8,10H,2-4,9H2,1H3,(H,17,18)(H,19,20). The number of carbonyl (C=O) groups is 2. The topological polar surface area (TPSA) is 66.4 Å². The van der Waals surface area contributed by atoms with Crippen LogP contribution in [-0.4, -0.2) is 22.5 Å². The van der Waals surface area contributed by atoms with Gasteiger partial charge in [0.2, 0.25) is 0 Å². The fraction of sp³-hybridized carbons (Fsp3) is 0.467. The molecule has 1 aromatic rings. The van der Waals surface area contributed by atoms with Gasteiger partial charge in [0.05, 0.1) is 0 Å². The monoisotopic (exact) mass is 279 g/mol. The average molecular weight is 279 g/mol. The summed E-state index contributed by atoms with van der Waals surface area (Å²) in [4.78, 5) is 23.8. The van der Waals surface area contributed by atoms with Crippen molar-refractivity contribution >= 4 is 11.9 Å². The maximum atomic E-state index is 12.8. The highest BCUT2D eigenvalue weighted by atomic mass is 19.1. The number of carboxylic acids is 1. The van der Waals surface area contributed by atoms with E-state index in [4.69, 9.17) is 0 Å². The fourth-order valence-electron chi connectivity index (χ4n) is 2.78. The maximum Gasteiger partial charge on any atom is 0.329 e. The van der Waals surface area contributed by atoms with Gasteiger partial charge < -0.3 is 10.4 Å². The van der Waals surface area contributed by atoms with E-state index >= 15 is 0 Å². The number of rotatable bonds is 3. The molecule has 0 spiro atoms. The second-order valence-electron chi connectivity index (χ2n) is 5.38. The van der Waals surface area contributed by atoms with Crippen LogP contribution in [0.2, 0.25) is 0 Å². The zero-order valence-electron chi connectivity index (χ0n) is 11.4. The molecule has 0 heterocycles. The summed E-state index contributed by atoms with van der Waals surface area (Å²) in [5.74, 6) is -2.03. The SMILES string of the molecule is CC1CCCCC1(NC(=O)c1ccc(F)cc1)C(=O)O. The number of nitrogens with one attached hydrogen (secondary N) is 1. The zero-order valence-corrected chi connectivity index (χ0v) is 11.4. The molecule has 1 aliphatic carbocycles. The highest BCUT2D eigenvalue weighted by Gasteiger charge is 2.46. The van der Waals surface area contributed by atoms with Gasteiger partial charge in [-0.25, -0.2) is 9.18 Å². The van der Waals surface area contributed by atoms with E-state index in [9.17, 15) is 19.1 Å². The molecule has 2 atom stereocenters. The summed E-state index contributed by atoms with van der Waals surface area (Å²) in [7, 11) is 0. The molecule has 1 amide bonds. The molecule has 1 aliphatic rings. The number of hydrogen-bond acceptors (Lipinski definition) is 2. The molecule has 1 fully saturated rings. The summed E-state index contributed by atoms with van der Waals surface area (Å²) in [5, 5.41) is 12.2. The summed E-state index contributed by atoms with van der Waals surface area (Å²) in [6.45, 7) is 1.85. The Kier molecular flexibility index (Phi) is 4.06. The van der Waals surface area contributed by atoms with Crippen LogP contribution in [0.15, 0.2) is 24.3 Å². The van der Waals surface area contributed by atoms with Crippen molar-refractivity contribution in [2.24, 2.45) is 5.92 Å². The van der Waals surface area contributed by atoms with Gasteiger partial charge in [-0.15, -0.1) is 0 Å². The first-order chi connectivity index (χ1) is 9.45. The van der Waals surface area contributed by atoms with Crippen LogP contribution in [0.3, 0.4) is 0 Å². The lowest BCUT2D eigenvalue weighted by molar-refractivity contribution is -0.148. The minimum Gasteiger partial charge on any atom is -0.479 e. The predicted molar refractivity (Wildman–Crippen MR) is 71.9 cm³/mol. The van der Waals surface area contributed by atoms with E-state index in [1.165, 1.54) is 24.3 Å². The smallest absolute Gasteiger partial charge is 0.329 e. The Balaban J connectivity index is 2.22. The van der Waals surface area contributed by atoms with Crippen molar-refractivity contribution in [3.63, 3.8) is 0 Å². The molecule has 108 valence electrons. The van der Waals surface area contributed by atoms with Crippen LogP contribution < -0.4 is 5.32 Å². The number of hydrogen-bond donors (Lipinski definition) is 2. The first-order valence-electron chi connectivity index (χ1n) is 6.77. The molecule has 1 aromatic carbocycles.